The molecule has 0 saturated heterocycles. The van der Waals surface area contributed by atoms with Crippen LogP contribution in [0.1, 0.15) is 13.3 Å². The van der Waals surface area contributed by atoms with Gasteiger partial charge in [-0.25, -0.2) is 4.79 Å². The van der Waals surface area contributed by atoms with E-state index in [2.05, 4.69) is 4.98 Å². The molecule has 4 heteroatoms. The monoisotopic (exact) mass is 142 g/mol. The third kappa shape index (κ3) is 1.05. The van der Waals surface area contributed by atoms with Crippen molar-refractivity contribution in [2.24, 2.45) is 0 Å². The zero-order valence-electron chi connectivity index (χ0n) is 5.79. The Morgan fingerprint density at radius 3 is 2.90 bits per heavy atom. The molecule has 2 N–H and O–H groups in total. The highest BCUT2D eigenvalue weighted by atomic mass is 16.3. The number of aromatic amines is 1. The lowest BCUT2D eigenvalue weighted by Crippen LogP contribution is -2.15. The first-order valence-electron chi connectivity index (χ1n) is 3.23. The average Bonchev–Trinajstić information content (AvgIpc) is 2.20. The first-order chi connectivity index (χ1) is 4.75. The van der Waals surface area contributed by atoms with Gasteiger partial charge < -0.3 is 10.1 Å². The van der Waals surface area contributed by atoms with Crippen LogP contribution in [-0.2, 0) is 6.54 Å². The standard InChI is InChI=1S/C6H10N2O2/c1-2-3-8-5(9)4-7-6(8)10/h4,9H,2-3H2,1H3,(H,7,10). The van der Waals surface area contributed by atoms with E-state index >= 15 is 0 Å². The summed E-state index contributed by atoms with van der Waals surface area (Å²) in [5.74, 6) is 0.00634. The van der Waals surface area contributed by atoms with Crippen molar-refractivity contribution >= 4 is 0 Å². The van der Waals surface area contributed by atoms with Crippen molar-refractivity contribution in [2.45, 2.75) is 19.9 Å². The van der Waals surface area contributed by atoms with Crippen molar-refractivity contribution in [3.8, 4) is 5.88 Å². The Kier molecular flexibility index (Phi) is 1.80. The molecule has 0 spiro atoms. The molecule has 0 fully saturated rings. The molecule has 0 bridgehead atoms. The minimum Gasteiger partial charge on any atom is -0.493 e. The van der Waals surface area contributed by atoms with Crippen LogP contribution in [0, 0.1) is 0 Å². The maximum atomic E-state index is 10.8. The highest BCUT2D eigenvalue weighted by molar-refractivity contribution is 5.02. The minimum atomic E-state index is -0.251. The molecule has 10 heavy (non-hydrogen) atoms. The molecule has 0 saturated carbocycles. The lowest BCUT2D eigenvalue weighted by molar-refractivity contribution is 0.412. The van der Waals surface area contributed by atoms with Crippen LogP contribution < -0.4 is 5.69 Å². The Bertz CT molecular complexity index is 261. The molecule has 56 valence electrons. The normalized spacial score (nSPS) is 10.1. The van der Waals surface area contributed by atoms with E-state index in [0.717, 1.165) is 6.42 Å². The Morgan fingerprint density at radius 2 is 2.50 bits per heavy atom. The Hall–Kier alpha value is -1.19. The number of H-pyrrole nitrogens is 1. The van der Waals surface area contributed by atoms with Crippen LogP contribution in [0.3, 0.4) is 0 Å². The number of aromatic hydroxyl groups is 1. The lowest BCUT2D eigenvalue weighted by atomic mass is 10.5. The number of hydrogen-bond donors (Lipinski definition) is 2. The highest BCUT2D eigenvalue weighted by Crippen LogP contribution is 2.02. The van der Waals surface area contributed by atoms with Crippen LogP contribution in [0.2, 0.25) is 0 Å². The summed E-state index contributed by atoms with van der Waals surface area (Å²) in [6, 6.07) is 0. The molecule has 0 aliphatic rings. The zero-order chi connectivity index (χ0) is 7.56. The Balaban J connectivity index is 2.99. The van der Waals surface area contributed by atoms with Crippen LogP contribution in [0.4, 0.5) is 0 Å². The molecule has 0 aromatic carbocycles. The van der Waals surface area contributed by atoms with Crippen LogP contribution in [0.15, 0.2) is 11.0 Å². The third-order valence-electron chi connectivity index (χ3n) is 1.29. The fourth-order valence-corrected chi connectivity index (χ4v) is 0.826. The number of aromatic nitrogens is 2. The van der Waals surface area contributed by atoms with E-state index in [1.54, 1.807) is 0 Å². The molecule has 1 heterocycles. The second kappa shape index (κ2) is 2.60. The number of imidazole rings is 1. The van der Waals surface area contributed by atoms with Gasteiger partial charge in [0.05, 0.1) is 6.20 Å². The largest absolute Gasteiger partial charge is 0.493 e. The molecule has 4 nitrogen and oxygen atoms in total. The van der Waals surface area contributed by atoms with E-state index in [9.17, 15) is 4.79 Å². The molecule has 0 aliphatic carbocycles. The molecule has 1 aromatic rings. The summed E-state index contributed by atoms with van der Waals surface area (Å²) in [5, 5.41) is 8.99. The molecular weight excluding hydrogens is 132 g/mol. The summed E-state index contributed by atoms with van der Waals surface area (Å²) in [6.07, 6.45) is 2.13. The predicted molar refractivity (Wildman–Crippen MR) is 37.0 cm³/mol. The van der Waals surface area contributed by atoms with Crippen LogP contribution >= 0.6 is 0 Å². The smallest absolute Gasteiger partial charge is 0.328 e. The highest BCUT2D eigenvalue weighted by Gasteiger charge is 2.00. The number of hydrogen-bond acceptors (Lipinski definition) is 2. The van der Waals surface area contributed by atoms with Gasteiger partial charge in [-0.2, -0.15) is 0 Å². The van der Waals surface area contributed by atoms with Crippen molar-refractivity contribution in [2.75, 3.05) is 0 Å². The molecule has 1 rings (SSSR count). The summed E-state index contributed by atoms with van der Waals surface area (Å²) >= 11 is 0. The van der Waals surface area contributed by atoms with Crippen molar-refractivity contribution in [3.05, 3.63) is 16.7 Å². The summed E-state index contributed by atoms with van der Waals surface area (Å²) in [5.41, 5.74) is -0.251. The van der Waals surface area contributed by atoms with Gasteiger partial charge in [-0.1, -0.05) is 6.92 Å². The van der Waals surface area contributed by atoms with Crippen LogP contribution in [0.25, 0.3) is 0 Å². The van der Waals surface area contributed by atoms with Gasteiger partial charge in [0, 0.05) is 6.54 Å². The van der Waals surface area contributed by atoms with Gasteiger partial charge in [-0.15, -0.1) is 0 Å². The Morgan fingerprint density at radius 1 is 1.80 bits per heavy atom. The molecule has 0 atom stereocenters. The number of rotatable bonds is 2. The van der Waals surface area contributed by atoms with Gasteiger partial charge in [-0.3, -0.25) is 4.57 Å². The lowest BCUT2D eigenvalue weighted by Gasteiger charge is -1.96. The first kappa shape index (κ1) is 6.92. The minimum absolute atomic E-state index is 0.00634. The molecule has 0 radical (unpaired) electrons. The van der Waals surface area contributed by atoms with Crippen molar-refractivity contribution < 1.29 is 5.11 Å². The summed E-state index contributed by atoms with van der Waals surface area (Å²) in [6.45, 7) is 2.51. The van der Waals surface area contributed by atoms with Crippen molar-refractivity contribution in [1.82, 2.24) is 9.55 Å². The van der Waals surface area contributed by atoms with E-state index in [-0.39, 0.29) is 11.6 Å². The zero-order valence-corrected chi connectivity index (χ0v) is 5.79. The van der Waals surface area contributed by atoms with E-state index in [1.807, 2.05) is 6.92 Å². The summed E-state index contributed by atoms with van der Waals surface area (Å²) < 4.78 is 1.29. The van der Waals surface area contributed by atoms with E-state index in [1.165, 1.54) is 10.8 Å². The van der Waals surface area contributed by atoms with Crippen molar-refractivity contribution in [3.63, 3.8) is 0 Å². The fourth-order valence-electron chi connectivity index (χ4n) is 0.826. The number of nitrogens with one attached hydrogen (secondary N) is 1. The maximum absolute atomic E-state index is 10.8. The third-order valence-corrected chi connectivity index (χ3v) is 1.29. The van der Waals surface area contributed by atoms with Gasteiger partial charge >= 0.3 is 5.69 Å². The van der Waals surface area contributed by atoms with Gasteiger partial charge in [-0.05, 0) is 6.42 Å². The quantitative estimate of drug-likeness (QED) is 0.623. The van der Waals surface area contributed by atoms with Gasteiger partial charge in [0.15, 0.2) is 0 Å². The average molecular weight is 142 g/mol. The van der Waals surface area contributed by atoms with Crippen molar-refractivity contribution in [1.29, 1.82) is 0 Å². The van der Waals surface area contributed by atoms with E-state index < -0.39 is 0 Å². The predicted octanol–water partition coefficient (Wildman–Crippen LogP) is 0.292. The summed E-state index contributed by atoms with van der Waals surface area (Å²) in [7, 11) is 0. The fraction of sp³-hybridized carbons (Fsp3) is 0.500. The number of nitrogens with zero attached hydrogens (tertiary/aromatic N) is 1. The van der Waals surface area contributed by atoms with E-state index in [4.69, 9.17) is 5.11 Å². The Labute approximate surface area is 58.1 Å². The van der Waals surface area contributed by atoms with Crippen LogP contribution in [0.5, 0.6) is 5.88 Å². The van der Waals surface area contributed by atoms with E-state index in [0.29, 0.717) is 6.54 Å². The second-order valence-corrected chi connectivity index (χ2v) is 2.10. The SMILES string of the molecule is CCCn1c(O)c[nH]c1=O. The maximum Gasteiger partial charge on any atom is 0.328 e. The second-order valence-electron chi connectivity index (χ2n) is 2.10. The molecule has 1 aromatic heterocycles. The van der Waals surface area contributed by atoms with Gasteiger partial charge in [0.2, 0.25) is 5.88 Å². The van der Waals surface area contributed by atoms with Gasteiger partial charge in [0.1, 0.15) is 0 Å². The molecule has 0 unspecified atom stereocenters. The molecular formula is C6H10N2O2. The first-order valence-corrected chi connectivity index (χ1v) is 3.23. The van der Waals surface area contributed by atoms with Crippen LogP contribution in [-0.4, -0.2) is 14.7 Å². The molecule has 0 amide bonds. The molecule has 0 aliphatic heterocycles. The van der Waals surface area contributed by atoms with Gasteiger partial charge in [0.25, 0.3) is 0 Å². The topological polar surface area (TPSA) is 58.0 Å². The summed E-state index contributed by atoms with van der Waals surface area (Å²) in [4.78, 5) is 13.2.